The highest BCUT2D eigenvalue weighted by atomic mass is 32.1. The number of nitrogens with zero attached hydrogens (tertiary/aromatic N) is 2. The lowest BCUT2D eigenvalue weighted by molar-refractivity contribution is 0.104. The molecule has 0 aromatic carbocycles. The van der Waals surface area contributed by atoms with E-state index in [9.17, 15) is 4.79 Å². The summed E-state index contributed by atoms with van der Waals surface area (Å²) in [6.07, 6.45) is 6.81. The number of hydrogen-bond acceptors (Lipinski definition) is 3. The zero-order valence-corrected chi connectivity index (χ0v) is 10.6. The minimum absolute atomic E-state index is 0.0110. The Morgan fingerprint density at radius 3 is 2.94 bits per heavy atom. The Bertz CT molecular complexity index is 523. The average molecular weight is 246 g/mol. The second kappa shape index (κ2) is 5.10. The second-order valence-electron chi connectivity index (χ2n) is 4.06. The van der Waals surface area contributed by atoms with E-state index in [1.54, 1.807) is 34.5 Å². The minimum atomic E-state index is -0.0110. The molecule has 2 aromatic heterocycles. The predicted molar refractivity (Wildman–Crippen MR) is 70.3 cm³/mol. The van der Waals surface area contributed by atoms with Crippen molar-refractivity contribution in [1.82, 2.24) is 9.78 Å². The number of ketones is 1. The third-order valence-corrected chi connectivity index (χ3v) is 3.09. The van der Waals surface area contributed by atoms with Gasteiger partial charge < -0.3 is 0 Å². The van der Waals surface area contributed by atoms with Crippen LogP contribution in [0.25, 0.3) is 6.08 Å². The first-order valence-corrected chi connectivity index (χ1v) is 6.40. The van der Waals surface area contributed by atoms with E-state index in [2.05, 4.69) is 5.10 Å². The van der Waals surface area contributed by atoms with Crippen LogP contribution >= 0.6 is 11.3 Å². The molecule has 0 aliphatic carbocycles. The Kier molecular flexibility index (Phi) is 3.54. The van der Waals surface area contributed by atoms with Crippen LogP contribution < -0.4 is 0 Å². The van der Waals surface area contributed by atoms with Crippen molar-refractivity contribution in [3.05, 3.63) is 46.4 Å². The summed E-state index contributed by atoms with van der Waals surface area (Å²) in [5.41, 5.74) is 1.68. The molecule has 0 atom stereocenters. The number of aromatic nitrogens is 2. The van der Waals surface area contributed by atoms with Gasteiger partial charge in [-0.3, -0.25) is 9.48 Å². The van der Waals surface area contributed by atoms with Crippen molar-refractivity contribution in [1.29, 1.82) is 0 Å². The van der Waals surface area contributed by atoms with Gasteiger partial charge in [-0.25, -0.2) is 0 Å². The smallest absolute Gasteiger partial charge is 0.189 e. The maximum Gasteiger partial charge on any atom is 0.189 e. The van der Waals surface area contributed by atoms with Crippen LogP contribution in [-0.4, -0.2) is 15.6 Å². The normalized spacial score (nSPS) is 11.5. The Morgan fingerprint density at radius 1 is 1.53 bits per heavy atom. The summed E-state index contributed by atoms with van der Waals surface area (Å²) in [5.74, 6) is -0.0110. The van der Waals surface area contributed by atoms with Crippen molar-refractivity contribution in [3.8, 4) is 0 Å². The van der Waals surface area contributed by atoms with E-state index in [1.807, 2.05) is 36.7 Å². The molecule has 0 amide bonds. The molecule has 0 fully saturated rings. The summed E-state index contributed by atoms with van der Waals surface area (Å²) < 4.78 is 1.78. The summed E-state index contributed by atoms with van der Waals surface area (Å²) in [6, 6.07) is 2.25. The van der Waals surface area contributed by atoms with Crippen molar-refractivity contribution in [3.63, 3.8) is 0 Å². The van der Waals surface area contributed by atoms with Gasteiger partial charge in [0.15, 0.2) is 5.78 Å². The highest BCUT2D eigenvalue weighted by Crippen LogP contribution is 2.10. The van der Waals surface area contributed by atoms with Crippen LogP contribution in [0, 0.1) is 0 Å². The van der Waals surface area contributed by atoms with Crippen molar-refractivity contribution >= 4 is 23.2 Å². The van der Waals surface area contributed by atoms with Crippen LogP contribution in [0.1, 0.15) is 35.8 Å². The molecule has 2 aromatic rings. The fourth-order valence-corrected chi connectivity index (χ4v) is 2.01. The van der Waals surface area contributed by atoms with Gasteiger partial charge in [0.25, 0.3) is 0 Å². The molecule has 0 unspecified atom stereocenters. The van der Waals surface area contributed by atoms with Crippen molar-refractivity contribution < 1.29 is 4.79 Å². The van der Waals surface area contributed by atoms with Crippen LogP contribution in [-0.2, 0) is 0 Å². The Hall–Kier alpha value is -1.68. The first-order valence-electron chi connectivity index (χ1n) is 5.45. The minimum Gasteiger partial charge on any atom is -0.289 e. The largest absolute Gasteiger partial charge is 0.289 e. The second-order valence-corrected chi connectivity index (χ2v) is 4.84. The van der Waals surface area contributed by atoms with Crippen molar-refractivity contribution in [2.45, 2.75) is 19.9 Å². The maximum atomic E-state index is 11.8. The summed E-state index contributed by atoms with van der Waals surface area (Å²) >= 11 is 1.62. The lowest BCUT2D eigenvalue weighted by Gasteiger charge is -2.02. The third kappa shape index (κ3) is 2.91. The number of thiophene rings is 1. The monoisotopic (exact) mass is 246 g/mol. The van der Waals surface area contributed by atoms with E-state index in [0.29, 0.717) is 5.56 Å². The first kappa shape index (κ1) is 11.8. The SMILES string of the molecule is CC(C)n1cc(C(=O)/C=C/c2ccsc2)cn1. The van der Waals surface area contributed by atoms with E-state index in [1.165, 1.54) is 0 Å². The molecule has 0 radical (unpaired) electrons. The fourth-order valence-electron chi connectivity index (χ4n) is 1.39. The molecular formula is C13H14N2OS. The standard InChI is InChI=1S/C13H14N2OS/c1-10(2)15-8-12(7-14-15)13(16)4-3-11-5-6-17-9-11/h3-10H,1-2H3/b4-3+. The molecular weight excluding hydrogens is 232 g/mol. The van der Waals surface area contributed by atoms with E-state index in [-0.39, 0.29) is 11.8 Å². The van der Waals surface area contributed by atoms with Gasteiger partial charge in [0.1, 0.15) is 0 Å². The van der Waals surface area contributed by atoms with E-state index in [4.69, 9.17) is 0 Å². The Morgan fingerprint density at radius 2 is 2.35 bits per heavy atom. The van der Waals surface area contributed by atoms with Gasteiger partial charge in [-0.15, -0.1) is 0 Å². The molecule has 2 rings (SSSR count). The zero-order valence-electron chi connectivity index (χ0n) is 9.83. The Labute approximate surface area is 104 Å². The zero-order chi connectivity index (χ0) is 12.3. The molecule has 4 heteroatoms. The van der Waals surface area contributed by atoms with Gasteiger partial charge in [-0.05, 0) is 42.3 Å². The fraction of sp³-hybridized carbons (Fsp3) is 0.231. The number of hydrogen-bond donors (Lipinski definition) is 0. The van der Waals surface area contributed by atoms with E-state index >= 15 is 0 Å². The molecule has 17 heavy (non-hydrogen) atoms. The van der Waals surface area contributed by atoms with E-state index < -0.39 is 0 Å². The molecule has 0 saturated heterocycles. The molecule has 0 spiro atoms. The lowest BCUT2D eigenvalue weighted by Crippen LogP contribution is -2.00. The molecule has 0 saturated carbocycles. The van der Waals surface area contributed by atoms with Gasteiger partial charge >= 0.3 is 0 Å². The van der Waals surface area contributed by atoms with Gasteiger partial charge in [-0.2, -0.15) is 16.4 Å². The predicted octanol–water partition coefficient (Wildman–Crippen LogP) is 3.42. The van der Waals surface area contributed by atoms with Gasteiger partial charge in [-0.1, -0.05) is 6.08 Å². The molecule has 88 valence electrons. The highest BCUT2D eigenvalue weighted by Gasteiger charge is 2.06. The molecule has 0 aliphatic rings. The number of carbonyl (C=O) groups excluding carboxylic acids is 1. The summed E-state index contributed by atoms with van der Waals surface area (Å²) in [4.78, 5) is 11.8. The average Bonchev–Trinajstić information content (AvgIpc) is 2.96. The summed E-state index contributed by atoms with van der Waals surface area (Å²) in [5, 5.41) is 8.13. The summed E-state index contributed by atoms with van der Waals surface area (Å²) in [6.45, 7) is 4.06. The van der Waals surface area contributed by atoms with Crippen LogP contribution in [0.3, 0.4) is 0 Å². The van der Waals surface area contributed by atoms with Crippen molar-refractivity contribution in [2.75, 3.05) is 0 Å². The van der Waals surface area contributed by atoms with Crippen LogP contribution in [0.2, 0.25) is 0 Å². The number of allylic oxidation sites excluding steroid dienone is 1. The molecule has 2 heterocycles. The van der Waals surface area contributed by atoms with Gasteiger partial charge in [0.05, 0.1) is 11.8 Å². The molecule has 0 aliphatic heterocycles. The highest BCUT2D eigenvalue weighted by molar-refractivity contribution is 7.08. The topological polar surface area (TPSA) is 34.9 Å². The number of carbonyl (C=O) groups is 1. The maximum absolute atomic E-state index is 11.8. The lowest BCUT2D eigenvalue weighted by atomic mass is 10.2. The third-order valence-electron chi connectivity index (χ3n) is 2.39. The van der Waals surface area contributed by atoms with Gasteiger partial charge in [0.2, 0.25) is 0 Å². The number of rotatable bonds is 4. The quantitative estimate of drug-likeness (QED) is 0.612. The van der Waals surface area contributed by atoms with Crippen LogP contribution in [0.15, 0.2) is 35.3 Å². The first-order chi connectivity index (χ1) is 8.16. The van der Waals surface area contributed by atoms with E-state index in [0.717, 1.165) is 5.56 Å². The van der Waals surface area contributed by atoms with Crippen LogP contribution in [0.4, 0.5) is 0 Å². The summed E-state index contributed by atoms with van der Waals surface area (Å²) in [7, 11) is 0. The van der Waals surface area contributed by atoms with Crippen molar-refractivity contribution in [2.24, 2.45) is 0 Å². The van der Waals surface area contributed by atoms with Gasteiger partial charge in [0, 0.05) is 12.2 Å². The molecule has 3 nitrogen and oxygen atoms in total. The molecule has 0 N–H and O–H groups in total. The molecule has 0 bridgehead atoms. The van der Waals surface area contributed by atoms with Crippen LogP contribution in [0.5, 0.6) is 0 Å². The Balaban J connectivity index is 2.09.